The number of ether oxygens (including phenoxy) is 1. The van der Waals surface area contributed by atoms with E-state index in [0.717, 1.165) is 12.8 Å². The van der Waals surface area contributed by atoms with Gasteiger partial charge in [-0.25, -0.2) is 4.79 Å². The number of aliphatic carboxylic acids is 1. The maximum Gasteiger partial charge on any atom is 0.334 e. The van der Waals surface area contributed by atoms with Crippen LogP contribution in [0.1, 0.15) is 24.5 Å². The van der Waals surface area contributed by atoms with Crippen LogP contribution in [0, 0.1) is 0 Å². The molecule has 1 N–H and O–H groups in total. The van der Waals surface area contributed by atoms with Crippen LogP contribution in [-0.2, 0) is 17.6 Å². The highest BCUT2D eigenvalue weighted by atomic mass is 16.5. The Balaban J connectivity index is 2.11. The van der Waals surface area contributed by atoms with Gasteiger partial charge in [0.25, 0.3) is 0 Å². The van der Waals surface area contributed by atoms with Crippen LogP contribution in [0.2, 0.25) is 0 Å². The molecule has 0 radical (unpaired) electrons. The Kier molecular flexibility index (Phi) is 2.95. The Morgan fingerprint density at radius 3 is 2.88 bits per heavy atom. The number of hydrogen-bond acceptors (Lipinski definition) is 2. The topological polar surface area (TPSA) is 46.5 Å². The third kappa shape index (κ3) is 2.24. The first kappa shape index (κ1) is 10.7. The number of aryl methyl sites for hydroxylation is 2. The molecule has 0 amide bonds. The number of hydrogen-bond donors (Lipinski definition) is 1. The Labute approximate surface area is 94.4 Å². The van der Waals surface area contributed by atoms with Gasteiger partial charge in [0.1, 0.15) is 12.0 Å². The summed E-state index contributed by atoms with van der Waals surface area (Å²) in [5, 5.41) is 8.67. The lowest BCUT2D eigenvalue weighted by atomic mass is 10.1. The number of carbonyl (C=O) groups is 1. The Morgan fingerprint density at radius 2 is 2.12 bits per heavy atom. The van der Waals surface area contributed by atoms with E-state index in [1.165, 1.54) is 30.7 Å². The van der Waals surface area contributed by atoms with Gasteiger partial charge in [0.05, 0.1) is 5.57 Å². The molecule has 0 fully saturated rings. The van der Waals surface area contributed by atoms with Gasteiger partial charge < -0.3 is 9.84 Å². The van der Waals surface area contributed by atoms with Crippen LogP contribution in [0.3, 0.4) is 0 Å². The minimum absolute atomic E-state index is 0.195. The molecule has 0 atom stereocenters. The van der Waals surface area contributed by atoms with E-state index in [9.17, 15) is 4.79 Å². The molecular formula is C13H14O3. The van der Waals surface area contributed by atoms with Crippen LogP contribution in [0.5, 0.6) is 5.75 Å². The predicted molar refractivity (Wildman–Crippen MR) is 60.5 cm³/mol. The molecule has 1 aromatic carbocycles. The molecule has 0 saturated carbocycles. The number of rotatable bonds is 3. The van der Waals surface area contributed by atoms with Gasteiger partial charge >= 0.3 is 5.97 Å². The first-order valence-electron chi connectivity index (χ1n) is 5.35. The fourth-order valence-electron chi connectivity index (χ4n) is 1.83. The monoisotopic (exact) mass is 218 g/mol. The molecule has 0 bridgehead atoms. The first-order valence-corrected chi connectivity index (χ1v) is 5.35. The Hall–Kier alpha value is -1.77. The summed E-state index contributed by atoms with van der Waals surface area (Å²) >= 11 is 0. The molecule has 3 heteroatoms. The van der Waals surface area contributed by atoms with E-state index in [0.29, 0.717) is 5.75 Å². The van der Waals surface area contributed by atoms with Crippen LogP contribution >= 0.6 is 0 Å². The van der Waals surface area contributed by atoms with Gasteiger partial charge in [0, 0.05) is 0 Å². The molecule has 0 aromatic heterocycles. The van der Waals surface area contributed by atoms with Crippen molar-refractivity contribution in [1.29, 1.82) is 0 Å². The summed E-state index contributed by atoms with van der Waals surface area (Å²) < 4.78 is 5.31. The summed E-state index contributed by atoms with van der Waals surface area (Å²) in [4.78, 5) is 10.6. The molecule has 0 heterocycles. The molecule has 0 saturated heterocycles. The number of benzene rings is 1. The third-order valence-corrected chi connectivity index (χ3v) is 2.78. The lowest BCUT2D eigenvalue weighted by molar-refractivity contribution is -0.132. The second-order valence-electron chi connectivity index (χ2n) is 4.01. The van der Waals surface area contributed by atoms with Crippen molar-refractivity contribution in [1.82, 2.24) is 0 Å². The maximum atomic E-state index is 10.6. The molecule has 0 spiro atoms. The number of carboxylic acid groups (broad SMARTS) is 1. The highest BCUT2D eigenvalue weighted by Crippen LogP contribution is 2.26. The molecule has 1 aliphatic carbocycles. The van der Waals surface area contributed by atoms with Gasteiger partial charge in [-0.2, -0.15) is 0 Å². The fraction of sp³-hybridized carbons (Fsp3) is 0.308. The van der Waals surface area contributed by atoms with Crippen LogP contribution < -0.4 is 4.74 Å². The first-order chi connectivity index (χ1) is 7.66. The molecule has 1 aromatic rings. The average molecular weight is 218 g/mol. The normalized spacial score (nSPS) is 14.7. The molecule has 0 unspecified atom stereocenters. The minimum Gasteiger partial charge on any atom is -0.478 e. The van der Waals surface area contributed by atoms with Crippen molar-refractivity contribution in [2.24, 2.45) is 0 Å². The largest absolute Gasteiger partial charge is 0.478 e. The van der Waals surface area contributed by atoms with Crippen LogP contribution in [0.15, 0.2) is 30.0 Å². The Bertz CT molecular complexity index is 446. The molecule has 0 aliphatic heterocycles. The van der Waals surface area contributed by atoms with Crippen molar-refractivity contribution in [2.75, 3.05) is 0 Å². The third-order valence-electron chi connectivity index (χ3n) is 2.78. The van der Waals surface area contributed by atoms with Gasteiger partial charge in [-0.1, -0.05) is 6.07 Å². The van der Waals surface area contributed by atoms with Crippen LogP contribution in [0.25, 0.3) is 0 Å². The molecule has 1 aliphatic rings. The van der Waals surface area contributed by atoms with E-state index in [4.69, 9.17) is 9.84 Å². The van der Waals surface area contributed by atoms with Gasteiger partial charge in [-0.15, -0.1) is 0 Å². The lowest BCUT2D eigenvalue weighted by Gasteiger charge is -2.04. The molecule has 2 rings (SSSR count). The smallest absolute Gasteiger partial charge is 0.334 e. The highest BCUT2D eigenvalue weighted by molar-refractivity contribution is 5.85. The standard InChI is InChI=1S/C13H14O3/c1-9(13(14)15)8-16-12-6-5-10-3-2-4-11(10)7-12/h5-8H,2-4H2,1H3,(H,14,15)/b9-8+. The van der Waals surface area contributed by atoms with Crippen LogP contribution in [-0.4, -0.2) is 11.1 Å². The molecular weight excluding hydrogens is 204 g/mol. The zero-order valence-electron chi connectivity index (χ0n) is 9.19. The van der Waals surface area contributed by atoms with Crippen LogP contribution in [0.4, 0.5) is 0 Å². The van der Waals surface area contributed by atoms with E-state index in [-0.39, 0.29) is 5.57 Å². The van der Waals surface area contributed by atoms with Gasteiger partial charge in [0.15, 0.2) is 0 Å². The van der Waals surface area contributed by atoms with E-state index >= 15 is 0 Å². The van der Waals surface area contributed by atoms with E-state index in [1.807, 2.05) is 12.1 Å². The zero-order chi connectivity index (χ0) is 11.5. The van der Waals surface area contributed by atoms with Crippen molar-refractivity contribution in [3.63, 3.8) is 0 Å². The van der Waals surface area contributed by atoms with Gasteiger partial charge in [-0.3, -0.25) is 0 Å². The number of carboxylic acids is 1. The van der Waals surface area contributed by atoms with Crippen molar-refractivity contribution >= 4 is 5.97 Å². The van der Waals surface area contributed by atoms with Gasteiger partial charge in [-0.05, 0) is 49.4 Å². The van der Waals surface area contributed by atoms with E-state index in [1.54, 1.807) is 0 Å². The van der Waals surface area contributed by atoms with E-state index in [2.05, 4.69) is 6.07 Å². The summed E-state index contributed by atoms with van der Waals surface area (Å²) in [6.07, 6.45) is 4.70. The number of fused-ring (bicyclic) bond motifs is 1. The van der Waals surface area contributed by atoms with Crippen molar-refractivity contribution < 1.29 is 14.6 Å². The second kappa shape index (κ2) is 4.39. The predicted octanol–water partition coefficient (Wildman–Crippen LogP) is 2.54. The van der Waals surface area contributed by atoms with Crippen molar-refractivity contribution in [3.8, 4) is 5.75 Å². The Morgan fingerprint density at radius 1 is 1.38 bits per heavy atom. The SMILES string of the molecule is C/C(=C\Oc1ccc2c(c1)CCC2)C(=O)O. The molecule has 16 heavy (non-hydrogen) atoms. The summed E-state index contributed by atoms with van der Waals surface area (Å²) in [5.74, 6) is -0.248. The molecule has 84 valence electrons. The van der Waals surface area contributed by atoms with Crippen molar-refractivity contribution in [3.05, 3.63) is 41.2 Å². The fourth-order valence-corrected chi connectivity index (χ4v) is 1.83. The second-order valence-corrected chi connectivity index (χ2v) is 4.01. The highest BCUT2D eigenvalue weighted by Gasteiger charge is 2.11. The quantitative estimate of drug-likeness (QED) is 0.626. The maximum absolute atomic E-state index is 10.6. The lowest BCUT2D eigenvalue weighted by Crippen LogP contribution is -1.98. The van der Waals surface area contributed by atoms with Gasteiger partial charge in [0.2, 0.25) is 0 Å². The van der Waals surface area contributed by atoms with Crippen molar-refractivity contribution in [2.45, 2.75) is 26.2 Å². The summed E-state index contributed by atoms with van der Waals surface area (Å²) in [7, 11) is 0. The summed E-state index contributed by atoms with van der Waals surface area (Å²) in [5.41, 5.74) is 2.89. The average Bonchev–Trinajstić information content (AvgIpc) is 2.72. The summed E-state index contributed by atoms with van der Waals surface area (Å²) in [6.45, 7) is 1.51. The van der Waals surface area contributed by atoms with E-state index < -0.39 is 5.97 Å². The minimum atomic E-state index is -0.957. The molecule has 3 nitrogen and oxygen atoms in total. The summed E-state index contributed by atoms with van der Waals surface area (Å²) in [6, 6.07) is 5.94. The zero-order valence-corrected chi connectivity index (χ0v) is 9.19.